The predicted octanol–water partition coefficient (Wildman–Crippen LogP) is 2.29. The maximum atomic E-state index is 11.8. The highest BCUT2D eigenvalue weighted by Crippen LogP contribution is 2.22. The second-order valence-electron chi connectivity index (χ2n) is 4.41. The number of carbonyl (C=O) groups is 1. The van der Waals surface area contributed by atoms with Crippen LogP contribution < -0.4 is 0 Å². The minimum atomic E-state index is -0.907. The Labute approximate surface area is 88.9 Å². The highest BCUT2D eigenvalue weighted by atomic mass is 32.2. The fourth-order valence-corrected chi connectivity index (χ4v) is 3.46. The summed E-state index contributed by atoms with van der Waals surface area (Å²) in [4.78, 5) is 11.4. The molecule has 0 bridgehead atoms. The summed E-state index contributed by atoms with van der Waals surface area (Å²) in [6.45, 7) is 3.75. The minimum Gasteiger partial charge on any atom is -0.298 e. The van der Waals surface area contributed by atoms with Crippen LogP contribution in [0.3, 0.4) is 0 Å². The maximum Gasteiger partial charge on any atom is 0.147 e. The van der Waals surface area contributed by atoms with Gasteiger partial charge in [0.15, 0.2) is 0 Å². The molecule has 1 aliphatic carbocycles. The number of rotatable bonds is 4. The lowest BCUT2D eigenvalue weighted by Crippen LogP contribution is -2.26. The van der Waals surface area contributed by atoms with Crippen LogP contribution in [0.15, 0.2) is 0 Å². The van der Waals surface area contributed by atoms with Gasteiger partial charge in [-0.2, -0.15) is 0 Å². The van der Waals surface area contributed by atoms with Crippen molar-refractivity contribution in [2.45, 2.75) is 51.2 Å². The third kappa shape index (κ3) is 3.52. The average Bonchev–Trinajstić information content (AvgIpc) is 2.19. The Morgan fingerprint density at radius 2 is 1.86 bits per heavy atom. The summed E-state index contributed by atoms with van der Waals surface area (Å²) in [5, 5.41) is 0.298. The molecule has 1 atom stereocenters. The van der Waals surface area contributed by atoms with Crippen molar-refractivity contribution in [1.82, 2.24) is 0 Å². The molecular formula is C11H20O2S. The largest absolute Gasteiger partial charge is 0.298 e. The molecule has 0 N–H and O–H groups in total. The van der Waals surface area contributed by atoms with E-state index >= 15 is 0 Å². The van der Waals surface area contributed by atoms with E-state index in [0.29, 0.717) is 5.25 Å². The van der Waals surface area contributed by atoms with E-state index in [0.717, 1.165) is 12.8 Å². The van der Waals surface area contributed by atoms with Gasteiger partial charge in [-0.1, -0.05) is 33.1 Å². The van der Waals surface area contributed by atoms with Crippen LogP contribution in [0.4, 0.5) is 0 Å². The van der Waals surface area contributed by atoms with E-state index < -0.39 is 10.8 Å². The van der Waals surface area contributed by atoms with Crippen LogP contribution in [0.1, 0.15) is 46.0 Å². The average molecular weight is 216 g/mol. The van der Waals surface area contributed by atoms with Crippen LogP contribution in [0.2, 0.25) is 0 Å². The number of hydrogen-bond acceptors (Lipinski definition) is 2. The fourth-order valence-electron chi connectivity index (χ4n) is 1.75. The van der Waals surface area contributed by atoms with E-state index in [1.54, 1.807) is 0 Å². The molecule has 0 spiro atoms. The zero-order chi connectivity index (χ0) is 10.6. The molecule has 3 heteroatoms. The molecule has 1 fully saturated rings. The molecule has 0 amide bonds. The number of carbonyl (C=O) groups excluding carboxylic acids is 1. The van der Waals surface area contributed by atoms with Crippen LogP contribution in [0.5, 0.6) is 0 Å². The predicted molar refractivity (Wildman–Crippen MR) is 59.7 cm³/mol. The van der Waals surface area contributed by atoms with Gasteiger partial charge in [-0.05, 0) is 12.8 Å². The summed E-state index contributed by atoms with van der Waals surface area (Å²) in [5.41, 5.74) is 0. The Hall–Kier alpha value is -0.180. The Morgan fingerprint density at radius 3 is 2.36 bits per heavy atom. The van der Waals surface area contributed by atoms with Gasteiger partial charge in [-0.3, -0.25) is 9.00 Å². The molecule has 0 aromatic rings. The van der Waals surface area contributed by atoms with Crippen LogP contribution in [0, 0.1) is 5.92 Å². The molecule has 0 radical (unpaired) electrons. The van der Waals surface area contributed by atoms with E-state index in [1.165, 1.54) is 19.3 Å². The number of hydrogen-bond donors (Lipinski definition) is 0. The first-order valence-corrected chi connectivity index (χ1v) is 6.89. The van der Waals surface area contributed by atoms with Crippen LogP contribution in [-0.2, 0) is 15.6 Å². The molecule has 1 unspecified atom stereocenters. The summed E-state index contributed by atoms with van der Waals surface area (Å²) in [6.07, 6.45) is 5.75. The summed E-state index contributed by atoms with van der Waals surface area (Å²) >= 11 is 0. The quantitative estimate of drug-likeness (QED) is 0.722. The molecule has 0 heterocycles. The lowest BCUT2D eigenvalue weighted by atomic mass is 10.0. The van der Waals surface area contributed by atoms with E-state index in [9.17, 15) is 9.00 Å². The first-order chi connectivity index (χ1) is 6.61. The maximum absolute atomic E-state index is 11.8. The molecule has 1 rings (SSSR count). The zero-order valence-electron chi connectivity index (χ0n) is 9.12. The molecule has 1 aliphatic rings. The van der Waals surface area contributed by atoms with Gasteiger partial charge in [0, 0.05) is 22.0 Å². The summed E-state index contributed by atoms with van der Waals surface area (Å²) in [5.74, 6) is 0.457. The Balaban J connectivity index is 2.37. The highest BCUT2D eigenvalue weighted by molar-refractivity contribution is 7.86. The van der Waals surface area contributed by atoms with Crippen molar-refractivity contribution in [3.8, 4) is 0 Å². The number of Topliss-reactive ketones (excluding diaryl/α,β-unsaturated/α-hetero) is 1. The monoisotopic (exact) mass is 216 g/mol. The van der Waals surface area contributed by atoms with Gasteiger partial charge in [0.2, 0.25) is 0 Å². The standard InChI is InChI=1S/C11H20O2S/c1-9(2)11(12)8-14(13)10-6-4-3-5-7-10/h9-10H,3-8H2,1-2H3. The lowest BCUT2D eigenvalue weighted by molar-refractivity contribution is -0.119. The first-order valence-electron chi connectivity index (χ1n) is 5.51. The second-order valence-corrected chi connectivity index (χ2v) is 6.12. The summed E-state index contributed by atoms with van der Waals surface area (Å²) in [7, 11) is -0.907. The van der Waals surface area contributed by atoms with Gasteiger partial charge in [0.25, 0.3) is 0 Å². The molecule has 14 heavy (non-hydrogen) atoms. The van der Waals surface area contributed by atoms with Crippen LogP contribution in [0.25, 0.3) is 0 Å². The van der Waals surface area contributed by atoms with Crippen molar-refractivity contribution < 1.29 is 9.00 Å². The van der Waals surface area contributed by atoms with Gasteiger partial charge in [0.1, 0.15) is 5.78 Å². The van der Waals surface area contributed by atoms with Crippen LogP contribution >= 0.6 is 0 Å². The lowest BCUT2D eigenvalue weighted by Gasteiger charge is -2.20. The highest BCUT2D eigenvalue weighted by Gasteiger charge is 2.22. The summed E-state index contributed by atoms with van der Waals surface area (Å²) in [6, 6.07) is 0. The van der Waals surface area contributed by atoms with Gasteiger partial charge >= 0.3 is 0 Å². The first kappa shape index (κ1) is 11.9. The topological polar surface area (TPSA) is 34.1 Å². The normalized spacial score (nSPS) is 21.1. The Morgan fingerprint density at radius 1 is 1.29 bits per heavy atom. The van der Waals surface area contributed by atoms with Crippen LogP contribution in [-0.4, -0.2) is 21.0 Å². The smallest absolute Gasteiger partial charge is 0.147 e. The van der Waals surface area contributed by atoms with Crippen molar-refractivity contribution in [3.63, 3.8) is 0 Å². The van der Waals surface area contributed by atoms with Gasteiger partial charge in [-0.15, -0.1) is 0 Å². The third-order valence-electron chi connectivity index (χ3n) is 2.85. The fraction of sp³-hybridized carbons (Fsp3) is 0.909. The molecule has 0 aromatic heterocycles. The van der Waals surface area contributed by atoms with Crippen molar-refractivity contribution >= 4 is 16.6 Å². The Bertz CT molecular complexity index is 217. The van der Waals surface area contributed by atoms with E-state index in [4.69, 9.17) is 0 Å². The van der Waals surface area contributed by atoms with Crippen molar-refractivity contribution in [2.24, 2.45) is 5.92 Å². The van der Waals surface area contributed by atoms with E-state index in [2.05, 4.69) is 0 Å². The molecule has 0 aliphatic heterocycles. The molecule has 0 aromatic carbocycles. The SMILES string of the molecule is CC(C)C(=O)CS(=O)C1CCCCC1. The molecular weight excluding hydrogens is 196 g/mol. The molecule has 82 valence electrons. The minimum absolute atomic E-state index is 0.0301. The summed E-state index contributed by atoms with van der Waals surface area (Å²) < 4.78 is 11.8. The van der Waals surface area contributed by atoms with Gasteiger partial charge in [0.05, 0.1) is 5.75 Å². The van der Waals surface area contributed by atoms with Crippen molar-refractivity contribution in [3.05, 3.63) is 0 Å². The molecule has 2 nitrogen and oxygen atoms in total. The number of ketones is 1. The molecule has 1 saturated carbocycles. The van der Waals surface area contributed by atoms with E-state index in [-0.39, 0.29) is 17.5 Å². The second kappa shape index (κ2) is 5.64. The molecule has 0 saturated heterocycles. The van der Waals surface area contributed by atoms with Crippen molar-refractivity contribution in [2.75, 3.05) is 5.75 Å². The third-order valence-corrected chi connectivity index (χ3v) is 4.64. The Kier molecular flexibility index (Phi) is 4.79. The van der Waals surface area contributed by atoms with E-state index in [1.807, 2.05) is 13.8 Å². The zero-order valence-corrected chi connectivity index (χ0v) is 9.94. The van der Waals surface area contributed by atoms with Crippen molar-refractivity contribution in [1.29, 1.82) is 0 Å². The van der Waals surface area contributed by atoms with Gasteiger partial charge in [-0.25, -0.2) is 0 Å². The van der Waals surface area contributed by atoms with Gasteiger partial charge < -0.3 is 0 Å².